The summed E-state index contributed by atoms with van der Waals surface area (Å²) in [5.74, 6) is 1.37. The number of carboxylic acids is 1. The summed E-state index contributed by atoms with van der Waals surface area (Å²) in [6, 6.07) is 0. The van der Waals surface area contributed by atoms with Crippen molar-refractivity contribution in [1.29, 1.82) is 0 Å². The average Bonchev–Trinajstić information content (AvgIpc) is 3.33. The number of esters is 1. The zero-order chi connectivity index (χ0) is 36.6. The largest absolute Gasteiger partial charge is 0.481 e. The van der Waals surface area contributed by atoms with Gasteiger partial charge in [0.25, 0.3) is 0 Å². The summed E-state index contributed by atoms with van der Waals surface area (Å²) in [6.07, 6.45) is 11.4. The monoisotopic (exact) mass is 684 g/mol. The number of nitrogens with one attached hydrogen (secondary N) is 1. The Bertz CT molecular complexity index is 1330. The van der Waals surface area contributed by atoms with E-state index in [2.05, 4.69) is 53.4 Å². The number of aliphatic hydroxyl groups excluding tert-OH is 1. The lowest BCUT2D eigenvalue weighted by Crippen LogP contribution is -2.67. The van der Waals surface area contributed by atoms with Gasteiger partial charge in [-0.3, -0.25) is 14.4 Å². The molecule has 3 N–H and O–H groups in total. The number of ether oxygens (including phenoxy) is 1. The van der Waals surface area contributed by atoms with E-state index in [1.807, 2.05) is 27.7 Å². The smallest absolute Gasteiger partial charge is 0.306 e. The minimum absolute atomic E-state index is 0.0172. The third kappa shape index (κ3) is 6.43. The van der Waals surface area contributed by atoms with Crippen molar-refractivity contribution in [2.45, 2.75) is 164 Å². The van der Waals surface area contributed by atoms with Crippen LogP contribution in [0.1, 0.15) is 153 Å². The molecule has 0 aliphatic heterocycles. The summed E-state index contributed by atoms with van der Waals surface area (Å²) in [5, 5.41) is 22.3. The first-order chi connectivity index (χ1) is 22.5. The molecule has 0 spiro atoms. The fraction of sp³-hybridized carbons (Fsp3) is 0.881. The molecule has 5 fully saturated rings. The van der Waals surface area contributed by atoms with Gasteiger partial charge in [-0.1, -0.05) is 60.6 Å². The first kappa shape index (κ1) is 38.3. The number of carbonyl (C=O) groups excluding carboxylic acids is 2. The fourth-order valence-electron chi connectivity index (χ4n) is 13.6. The predicted molar refractivity (Wildman–Crippen MR) is 193 cm³/mol. The molecule has 10 atom stereocenters. The van der Waals surface area contributed by atoms with Crippen LogP contribution >= 0.6 is 0 Å². The second-order valence-corrected chi connectivity index (χ2v) is 20.6. The van der Waals surface area contributed by atoms with E-state index in [9.17, 15) is 24.6 Å². The first-order valence-electron chi connectivity index (χ1n) is 19.5. The lowest BCUT2D eigenvalue weighted by Gasteiger charge is -2.73. The number of carboxylic acid groups (broad SMARTS) is 1. The molecule has 5 aliphatic carbocycles. The zero-order valence-electron chi connectivity index (χ0n) is 32.6. The molecule has 7 nitrogen and oxygen atoms in total. The van der Waals surface area contributed by atoms with Gasteiger partial charge < -0.3 is 20.3 Å². The molecule has 49 heavy (non-hydrogen) atoms. The van der Waals surface area contributed by atoms with Crippen LogP contribution < -0.4 is 5.32 Å². The molecule has 0 aromatic carbocycles. The Morgan fingerprint density at radius 2 is 1.51 bits per heavy atom. The maximum atomic E-state index is 13.6. The van der Waals surface area contributed by atoms with Gasteiger partial charge in [0, 0.05) is 11.8 Å². The van der Waals surface area contributed by atoms with E-state index in [0.717, 1.165) is 44.9 Å². The molecule has 0 radical (unpaired) electrons. The molecule has 0 heterocycles. The Morgan fingerprint density at radius 3 is 2.12 bits per heavy atom. The average molecular weight is 684 g/mol. The summed E-state index contributed by atoms with van der Waals surface area (Å²) in [6.45, 7) is 26.5. The first-order valence-corrected chi connectivity index (χ1v) is 19.5. The number of amides is 1. The molecule has 0 unspecified atom stereocenters. The minimum Gasteiger partial charge on any atom is -0.481 e. The van der Waals surface area contributed by atoms with Gasteiger partial charge in [-0.15, -0.1) is 0 Å². The van der Waals surface area contributed by atoms with Crippen LogP contribution in [-0.2, 0) is 19.1 Å². The molecular weight excluding hydrogens is 614 g/mol. The Kier molecular flexibility index (Phi) is 9.90. The van der Waals surface area contributed by atoms with E-state index in [4.69, 9.17) is 4.74 Å². The van der Waals surface area contributed by atoms with Crippen molar-refractivity contribution in [3.8, 4) is 0 Å². The number of rotatable bonds is 10. The van der Waals surface area contributed by atoms with Crippen LogP contribution in [0.2, 0.25) is 0 Å². The summed E-state index contributed by atoms with van der Waals surface area (Å²) in [5.41, 5.74) is 0.303. The second-order valence-electron chi connectivity index (χ2n) is 20.6. The van der Waals surface area contributed by atoms with E-state index in [1.54, 1.807) is 0 Å². The van der Waals surface area contributed by atoms with E-state index in [-0.39, 0.29) is 64.5 Å². The highest BCUT2D eigenvalue weighted by atomic mass is 16.5. The van der Waals surface area contributed by atoms with E-state index in [1.165, 1.54) is 24.8 Å². The number of aliphatic hydroxyl groups is 1. The molecule has 0 aromatic heterocycles. The highest BCUT2D eigenvalue weighted by Gasteiger charge is 2.71. The molecule has 0 bridgehead atoms. The summed E-state index contributed by atoms with van der Waals surface area (Å²) in [4.78, 5) is 38.2. The highest BCUT2D eigenvalue weighted by molar-refractivity contribution is 5.77. The minimum atomic E-state index is -0.889. The number of carbonyl (C=O) groups is 3. The predicted octanol–water partition coefficient (Wildman–Crippen LogP) is 8.72. The van der Waals surface area contributed by atoms with E-state index >= 15 is 0 Å². The lowest BCUT2D eigenvalue weighted by atomic mass is 9.32. The van der Waals surface area contributed by atoms with Gasteiger partial charge in [0.2, 0.25) is 5.91 Å². The third-order valence-electron chi connectivity index (χ3n) is 16.1. The van der Waals surface area contributed by atoms with Crippen LogP contribution in [0, 0.1) is 62.1 Å². The zero-order valence-corrected chi connectivity index (χ0v) is 32.6. The maximum Gasteiger partial charge on any atom is 0.306 e. The molecule has 0 aromatic rings. The Labute approximate surface area is 297 Å². The van der Waals surface area contributed by atoms with Crippen LogP contribution in [0.3, 0.4) is 0 Å². The molecular formula is C42H69NO6. The third-order valence-corrected chi connectivity index (χ3v) is 16.1. The van der Waals surface area contributed by atoms with Crippen molar-refractivity contribution in [3.63, 3.8) is 0 Å². The fourth-order valence-corrected chi connectivity index (χ4v) is 13.6. The maximum absolute atomic E-state index is 13.6. The summed E-state index contributed by atoms with van der Waals surface area (Å²) < 4.78 is 6.26. The SMILES string of the molecule is C=C(C)[C@@H]1CC[C@]2(CC(=O)NC(C)(C)CO)CC[C@]3(C)[C@H](CC[C@@H]4[C@@]5(C)CC[C@H](OC(=O)CC(C)(C)CC(=O)O)C(C)(C)[C@@H]5CC[C@]43C)[C@@H]12. The Hall–Kier alpha value is -1.89. The molecule has 0 saturated heterocycles. The van der Waals surface area contributed by atoms with Gasteiger partial charge in [-0.05, 0) is 142 Å². The van der Waals surface area contributed by atoms with Crippen molar-refractivity contribution in [3.05, 3.63) is 12.2 Å². The molecule has 7 heteroatoms. The Balaban J connectivity index is 1.39. The Morgan fingerprint density at radius 1 is 0.837 bits per heavy atom. The number of allylic oxidation sites excluding steroid dienone is 1. The summed E-state index contributed by atoms with van der Waals surface area (Å²) in [7, 11) is 0. The van der Waals surface area contributed by atoms with E-state index in [0.29, 0.717) is 36.0 Å². The van der Waals surface area contributed by atoms with Crippen LogP contribution in [0.15, 0.2) is 12.2 Å². The van der Waals surface area contributed by atoms with Gasteiger partial charge in [0.05, 0.1) is 25.0 Å². The topological polar surface area (TPSA) is 113 Å². The van der Waals surface area contributed by atoms with Gasteiger partial charge >= 0.3 is 11.9 Å². The van der Waals surface area contributed by atoms with E-state index < -0.39 is 16.9 Å². The van der Waals surface area contributed by atoms with Crippen LogP contribution in [0.5, 0.6) is 0 Å². The quantitative estimate of drug-likeness (QED) is 0.157. The molecule has 5 saturated carbocycles. The van der Waals surface area contributed by atoms with Crippen molar-refractivity contribution in [2.24, 2.45) is 62.1 Å². The van der Waals surface area contributed by atoms with Gasteiger partial charge in [0.15, 0.2) is 0 Å². The van der Waals surface area contributed by atoms with Gasteiger partial charge in [-0.25, -0.2) is 0 Å². The molecule has 1 amide bonds. The van der Waals surface area contributed by atoms with Crippen molar-refractivity contribution in [1.82, 2.24) is 5.32 Å². The van der Waals surface area contributed by atoms with Crippen molar-refractivity contribution < 1.29 is 29.3 Å². The van der Waals surface area contributed by atoms with Gasteiger partial charge in [0.1, 0.15) is 6.10 Å². The van der Waals surface area contributed by atoms with Crippen LogP contribution in [0.25, 0.3) is 0 Å². The van der Waals surface area contributed by atoms with Gasteiger partial charge in [-0.2, -0.15) is 0 Å². The normalized spacial score (nSPS) is 41.4. The highest BCUT2D eigenvalue weighted by Crippen LogP contribution is 2.78. The molecule has 278 valence electrons. The number of fused-ring (bicyclic) bond motifs is 7. The summed E-state index contributed by atoms with van der Waals surface area (Å²) >= 11 is 0. The number of hydrogen-bond acceptors (Lipinski definition) is 5. The number of hydrogen-bond donors (Lipinski definition) is 3. The van der Waals surface area contributed by atoms with Crippen molar-refractivity contribution >= 4 is 17.8 Å². The van der Waals surface area contributed by atoms with Crippen molar-refractivity contribution in [2.75, 3.05) is 6.61 Å². The lowest BCUT2D eigenvalue weighted by molar-refractivity contribution is -0.250. The molecule has 5 aliphatic rings. The van der Waals surface area contributed by atoms with Crippen LogP contribution in [0.4, 0.5) is 0 Å². The second kappa shape index (κ2) is 12.7. The van der Waals surface area contributed by atoms with Crippen LogP contribution in [-0.4, -0.2) is 46.3 Å². The molecule has 5 rings (SSSR count). The standard InChI is InChI=1S/C42H69NO6/c1-26(2)27-14-19-42(22-32(45)43-37(5,6)25-44)21-20-40(10)28(35(27)42)12-13-30-39(9)17-16-31(38(7,8)29(39)15-18-41(30,40)11)49-34(48)24-36(3,4)23-33(46)47/h27-31,35,44H,1,12-25H2,2-11H3,(H,43,45)(H,46,47)/t27-,28+,29-,30+,31-,35+,39-,40+,41+,42+/m0/s1. The number of aliphatic carboxylic acids is 1.